The number of fused-ring (bicyclic) bond motifs is 2. The maximum absolute atomic E-state index is 4.45. The van der Waals surface area contributed by atoms with E-state index >= 15 is 0 Å². The van der Waals surface area contributed by atoms with Crippen LogP contribution in [0.3, 0.4) is 0 Å². The summed E-state index contributed by atoms with van der Waals surface area (Å²) in [5.41, 5.74) is 11.1. The fourth-order valence-electron chi connectivity index (χ4n) is 6.05. The van der Waals surface area contributed by atoms with Crippen molar-refractivity contribution in [2.75, 3.05) is 4.90 Å². The van der Waals surface area contributed by atoms with E-state index in [4.69, 9.17) is 0 Å². The molecule has 1 heteroatoms. The monoisotopic (exact) mass is 523 g/mol. The number of nitrogens with zero attached hydrogens (tertiary/aromatic N) is 1. The lowest BCUT2D eigenvalue weighted by Gasteiger charge is -2.36. The summed E-state index contributed by atoms with van der Waals surface area (Å²) >= 11 is 0. The Morgan fingerprint density at radius 1 is 0.950 bits per heavy atom. The van der Waals surface area contributed by atoms with Gasteiger partial charge in [0.05, 0.1) is 0 Å². The molecule has 3 aromatic rings. The van der Waals surface area contributed by atoms with Crippen LogP contribution in [0.15, 0.2) is 133 Å². The zero-order chi connectivity index (χ0) is 28.1. The van der Waals surface area contributed by atoms with Crippen LogP contribution in [0.25, 0.3) is 11.6 Å². The summed E-state index contributed by atoms with van der Waals surface area (Å²) in [6.07, 6.45) is 21.5. The Labute approximate surface area is 241 Å². The van der Waals surface area contributed by atoms with Crippen molar-refractivity contribution in [3.63, 3.8) is 0 Å². The third kappa shape index (κ3) is 5.75. The van der Waals surface area contributed by atoms with Gasteiger partial charge in [0.25, 0.3) is 0 Å². The molecule has 0 saturated carbocycles. The maximum Gasteiger partial charge on any atom is 0.0461 e. The van der Waals surface area contributed by atoms with Gasteiger partial charge in [0.2, 0.25) is 0 Å². The van der Waals surface area contributed by atoms with Crippen LogP contribution < -0.4 is 4.90 Å². The molecule has 40 heavy (non-hydrogen) atoms. The molecule has 1 nitrogen and oxygen atoms in total. The van der Waals surface area contributed by atoms with Gasteiger partial charge in [-0.3, -0.25) is 0 Å². The van der Waals surface area contributed by atoms with E-state index in [2.05, 4.69) is 161 Å². The van der Waals surface area contributed by atoms with Gasteiger partial charge in [-0.2, -0.15) is 0 Å². The van der Waals surface area contributed by atoms with Crippen molar-refractivity contribution >= 4 is 23.0 Å². The third-order valence-electron chi connectivity index (χ3n) is 8.39. The molecule has 0 aliphatic heterocycles. The van der Waals surface area contributed by atoms with Crippen LogP contribution in [0.2, 0.25) is 0 Å². The van der Waals surface area contributed by atoms with Crippen LogP contribution in [0.5, 0.6) is 0 Å². The van der Waals surface area contributed by atoms with Crippen molar-refractivity contribution in [2.45, 2.75) is 47.0 Å². The predicted octanol–water partition coefficient (Wildman–Crippen LogP) is 10.8. The van der Waals surface area contributed by atoms with Crippen molar-refractivity contribution in [3.8, 4) is 0 Å². The largest absolute Gasteiger partial charge is 0.311 e. The molecule has 0 aromatic heterocycles. The molecule has 2 aliphatic rings. The summed E-state index contributed by atoms with van der Waals surface area (Å²) in [6, 6.07) is 26.6. The molecule has 202 valence electrons. The summed E-state index contributed by atoms with van der Waals surface area (Å²) < 4.78 is 0. The Hall–Kier alpha value is -4.10. The molecule has 0 saturated heterocycles. The average Bonchev–Trinajstić information content (AvgIpc) is 3.08. The third-order valence-corrected chi connectivity index (χ3v) is 8.39. The fourth-order valence-corrected chi connectivity index (χ4v) is 6.05. The normalized spacial score (nSPS) is 21.2. The Morgan fingerprint density at radius 3 is 2.38 bits per heavy atom. The highest BCUT2D eigenvalue weighted by Crippen LogP contribution is 2.50. The number of benzene rings is 3. The van der Waals surface area contributed by atoms with Crippen LogP contribution in [0.4, 0.5) is 11.4 Å². The fraction of sp³-hybridized carbons (Fsp3) is 0.231. The highest BCUT2D eigenvalue weighted by atomic mass is 15.1. The van der Waals surface area contributed by atoms with Gasteiger partial charge in [-0.1, -0.05) is 123 Å². The van der Waals surface area contributed by atoms with Crippen LogP contribution >= 0.6 is 0 Å². The number of aryl methyl sites for hydroxylation is 2. The van der Waals surface area contributed by atoms with Crippen molar-refractivity contribution in [3.05, 3.63) is 155 Å². The van der Waals surface area contributed by atoms with Gasteiger partial charge in [0.1, 0.15) is 0 Å². The van der Waals surface area contributed by atoms with E-state index in [1.807, 2.05) is 0 Å². The minimum atomic E-state index is -0.0308. The molecule has 0 spiro atoms. The van der Waals surface area contributed by atoms with E-state index in [1.54, 1.807) is 0 Å². The first-order chi connectivity index (χ1) is 19.4. The first kappa shape index (κ1) is 27.5. The topological polar surface area (TPSA) is 3.24 Å². The molecule has 2 unspecified atom stereocenters. The van der Waals surface area contributed by atoms with Crippen LogP contribution in [-0.4, -0.2) is 0 Å². The standard InChI is InChI=1S/C39H41N/c1-6-11-29(2)15-18-31(4)40(35-23-16-30(3)17-24-35)36-25-19-32(20-26-36)28-38-37-14-8-7-12-33(37)21-22-34-13-9-10-27-39(34,38)5/h7-20,23-28,34H,4,6,21-22H2,1-3,5H3/b18-15-,29-11-,38-28-. The minimum Gasteiger partial charge on any atom is -0.311 e. The molecule has 2 atom stereocenters. The zero-order valence-electron chi connectivity index (χ0n) is 24.4. The Balaban J connectivity index is 1.54. The number of anilines is 2. The Morgan fingerprint density at radius 2 is 1.65 bits per heavy atom. The number of rotatable bonds is 7. The Bertz CT molecular complexity index is 1510. The van der Waals surface area contributed by atoms with E-state index in [9.17, 15) is 0 Å². The van der Waals surface area contributed by atoms with Crippen LogP contribution in [-0.2, 0) is 6.42 Å². The molecular formula is C39H41N. The van der Waals surface area contributed by atoms with E-state index in [0.29, 0.717) is 5.92 Å². The number of hydrogen-bond donors (Lipinski definition) is 0. The predicted molar refractivity (Wildman–Crippen MR) is 175 cm³/mol. The highest BCUT2D eigenvalue weighted by molar-refractivity contribution is 5.88. The second-order valence-corrected chi connectivity index (χ2v) is 11.3. The van der Waals surface area contributed by atoms with E-state index in [1.165, 1.54) is 39.8 Å². The lowest BCUT2D eigenvalue weighted by molar-refractivity contribution is 0.389. The van der Waals surface area contributed by atoms with E-state index < -0.39 is 0 Å². The van der Waals surface area contributed by atoms with E-state index in [0.717, 1.165) is 29.9 Å². The highest BCUT2D eigenvalue weighted by Gasteiger charge is 2.38. The van der Waals surface area contributed by atoms with Gasteiger partial charge >= 0.3 is 0 Å². The van der Waals surface area contributed by atoms with Crippen molar-refractivity contribution < 1.29 is 0 Å². The van der Waals surface area contributed by atoms with Gasteiger partial charge in [-0.15, -0.1) is 0 Å². The van der Waals surface area contributed by atoms with Crippen molar-refractivity contribution in [2.24, 2.45) is 11.3 Å². The van der Waals surface area contributed by atoms with Gasteiger partial charge in [-0.05, 0) is 91.6 Å². The van der Waals surface area contributed by atoms with Crippen LogP contribution in [0, 0.1) is 18.3 Å². The first-order valence-electron chi connectivity index (χ1n) is 14.6. The molecular weight excluding hydrogens is 482 g/mol. The molecule has 0 heterocycles. The van der Waals surface area contributed by atoms with Crippen LogP contribution in [0.1, 0.15) is 55.9 Å². The van der Waals surface area contributed by atoms with Crippen molar-refractivity contribution in [1.82, 2.24) is 0 Å². The second kappa shape index (κ2) is 12.0. The van der Waals surface area contributed by atoms with Gasteiger partial charge in [0, 0.05) is 22.5 Å². The SMILES string of the molecule is C=C(/C=C\C(C)=C/CC)N(c1ccc(C)cc1)c1ccc(/C=C2/c3ccccc3CCC3C=CC=CC23C)cc1. The zero-order valence-corrected chi connectivity index (χ0v) is 24.4. The molecule has 5 rings (SSSR count). The summed E-state index contributed by atoms with van der Waals surface area (Å²) in [6.45, 7) is 13.3. The lowest BCUT2D eigenvalue weighted by atomic mass is 9.67. The van der Waals surface area contributed by atoms with Crippen molar-refractivity contribution in [1.29, 1.82) is 0 Å². The summed E-state index contributed by atoms with van der Waals surface area (Å²) in [5, 5.41) is 0. The summed E-state index contributed by atoms with van der Waals surface area (Å²) in [4.78, 5) is 2.24. The van der Waals surface area contributed by atoms with E-state index in [-0.39, 0.29) is 5.41 Å². The number of hydrogen-bond acceptors (Lipinski definition) is 1. The van der Waals surface area contributed by atoms with Gasteiger partial charge in [0.15, 0.2) is 0 Å². The molecule has 0 bridgehead atoms. The first-order valence-corrected chi connectivity index (χ1v) is 14.6. The molecule has 0 amide bonds. The quantitative estimate of drug-likeness (QED) is 0.278. The maximum atomic E-state index is 4.45. The summed E-state index contributed by atoms with van der Waals surface area (Å²) in [7, 11) is 0. The Kier molecular flexibility index (Phi) is 8.21. The van der Waals surface area contributed by atoms with Gasteiger partial charge in [-0.25, -0.2) is 0 Å². The molecule has 3 aromatic carbocycles. The summed E-state index contributed by atoms with van der Waals surface area (Å²) in [5.74, 6) is 0.493. The number of allylic oxidation sites excluding steroid dienone is 9. The lowest BCUT2D eigenvalue weighted by Crippen LogP contribution is -2.26. The van der Waals surface area contributed by atoms with Gasteiger partial charge < -0.3 is 4.90 Å². The smallest absolute Gasteiger partial charge is 0.0461 e. The molecule has 0 N–H and O–H groups in total. The molecule has 2 aliphatic carbocycles. The average molecular weight is 524 g/mol. The molecule has 0 radical (unpaired) electrons. The molecule has 0 fully saturated rings. The second-order valence-electron chi connectivity index (χ2n) is 11.3. The minimum absolute atomic E-state index is 0.0308.